The first-order chi connectivity index (χ1) is 9.49. The Kier molecular flexibility index (Phi) is 4.39. The molecule has 2 rings (SSSR count). The zero-order valence-electron chi connectivity index (χ0n) is 11.8. The van der Waals surface area contributed by atoms with Crippen LogP contribution in [0.15, 0.2) is 29.8 Å². The zero-order chi connectivity index (χ0) is 14.7. The van der Waals surface area contributed by atoms with E-state index in [-0.39, 0.29) is 5.56 Å². The van der Waals surface area contributed by atoms with Gasteiger partial charge in [-0.25, -0.2) is 9.78 Å². The Bertz CT molecular complexity index is 594. The first kappa shape index (κ1) is 14.5. The maximum Gasteiger partial charge on any atom is 0.337 e. The number of aromatic nitrogens is 1. The molecule has 0 aliphatic heterocycles. The van der Waals surface area contributed by atoms with Gasteiger partial charge < -0.3 is 10.0 Å². The van der Waals surface area contributed by atoms with Gasteiger partial charge in [0.15, 0.2) is 0 Å². The largest absolute Gasteiger partial charge is 0.478 e. The fraction of sp³-hybridized carbons (Fsp3) is 0.333. The number of pyridine rings is 1. The number of aryl methyl sites for hydroxylation is 1. The Hall–Kier alpha value is -1.88. The van der Waals surface area contributed by atoms with Crippen LogP contribution in [0.2, 0.25) is 0 Å². The number of hydrogen-bond acceptors (Lipinski definition) is 4. The lowest BCUT2D eigenvalue weighted by Gasteiger charge is -2.28. The van der Waals surface area contributed by atoms with Crippen LogP contribution in [0.25, 0.3) is 0 Å². The summed E-state index contributed by atoms with van der Waals surface area (Å²) in [5.41, 5.74) is 1.11. The van der Waals surface area contributed by atoms with Crippen molar-refractivity contribution in [2.75, 3.05) is 4.90 Å². The highest BCUT2D eigenvalue weighted by Gasteiger charge is 2.17. The lowest BCUT2D eigenvalue weighted by Crippen LogP contribution is -2.31. The zero-order valence-corrected chi connectivity index (χ0v) is 12.6. The number of hydrogen-bond donors (Lipinski definition) is 1. The highest BCUT2D eigenvalue weighted by Crippen LogP contribution is 2.24. The molecule has 0 spiro atoms. The molecule has 0 unspecified atom stereocenters. The highest BCUT2D eigenvalue weighted by molar-refractivity contribution is 7.09. The molecule has 0 aliphatic carbocycles. The van der Waals surface area contributed by atoms with Crippen LogP contribution in [0.5, 0.6) is 0 Å². The van der Waals surface area contributed by atoms with Crippen molar-refractivity contribution in [2.24, 2.45) is 0 Å². The number of anilines is 1. The van der Waals surface area contributed by atoms with Crippen LogP contribution in [0.1, 0.15) is 34.6 Å². The summed E-state index contributed by atoms with van der Waals surface area (Å²) in [6, 6.07) is 6.10. The summed E-state index contributed by atoms with van der Waals surface area (Å²) >= 11 is 1.71. The standard InChI is InChI=1S/C15H18N2O2S/c1-10(2)17(9-13-5-4-6-20-13)14-11(3)7-12(8-16-14)15(18)19/h4-8,10H,9H2,1-3H3,(H,18,19). The van der Waals surface area contributed by atoms with E-state index in [0.29, 0.717) is 6.04 Å². The second-order valence-corrected chi connectivity index (χ2v) is 6.00. The van der Waals surface area contributed by atoms with Gasteiger partial charge in [-0.2, -0.15) is 0 Å². The third-order valence-electron chi connectivity index (χ3n) is 3.10. The van der Waals surface area contributed by atoms with Gasteiger partial charge in [-0.15, -0.1) is 11.3 Å². The average Bonchev–Trinajstić information content (AvgIpc) is 2.89. The van der Waals surface area contributed by atoms with E-state index in [4.69, 9.17) is 5.11 Å². The van der Waals surface area contributed by atoms with Crippen LogP contribution in [0, 0.1) is 6.92 Å². The van der Waals surface area contributed by atoms with Gasteiger partial charge in [-0.1, -0.05) is 6.07 Å². The molecule has 0 fully saturated rings. The molecule has 1 N–H and O–H groups in total. The van der Waals surface area contributed by atoms with E-state index >= 15 is 0 Å². The summed E-state index contributed by atoms with van der Waals surface area (Å²) < 4.78 is 0. The Labute approximate surface area is 122 Å². The summed E-state index contributed by atoms with van der Waals surface area (Å²) in [5, 5.41) is 11.1. The average molecular weight is 290 g/mol. The Morgan fingerprint density at radius 1 is 1.50 bits per heavy atom. The van der Waals surface area contributed by atoms with Crippen molar-refractivity contribution in [2.45, 2.75) is 33.4 Å². The molecule has 5 heteroatoms. The number of thiophene rings is 1. The number of rotatable bonds is 5. The maximum absolute atomic E-state index is 11.0. The van der Waals surface area contributed by atoms with E-state index < -0.39 is 5.97 Å². The number of nitrogens with zero attached hydrogens (tertiary/aromatic N) is 2. The van der Waals surface area contributed by atoms with Gasteiger partial charge in [-0.05, 0) is 43.8 Å². The lowest BCUT2D eigenvalue weighted by atomic mass is 10.1. The summed E-state index contributed by atoms with van der Waals surface area (Å²) in [5.74, 6) is -0.0973. The molecule has 4 nitrogen and oxygen atoms in total. The van der Waals surface area contributed by atoms with Crippen molar-refractivity contribution in [3.8, 4) is 0 Å². The van der Waals surface area contributed by atoms with Gasteiger partial charge >= 0.3 is 5.97 Å². The van der Waals surface area contributed by atoms with Crippen molar-refractivity contribution in [1.82, 2.24) is 4.98 Å². The fourth-order valence-corrected chi connectivity index (χ4v) is 2.76. The topological polar surface area (TPSA) is 53.4 Å². The molecule has 0 aromatic carbocycles. The van der Waals surface area contributed by atoms with Crippen molar-refractivity contribution in [3.05, 3.63) is 45.8 Å². The predicted octanol–water partition coefficient (Wildman–Crippen LogP) is 3.56. The van der Waals surface area contributed by atoms with Gasteiger partial charge in [0.25, 0.3) is 0 Å². The molecule has 0 amide bonds. The molecule has 0 bridgehead atoms. The van der Waals surface area contributed by atoms with Crippen molar-refractivity contribution in [3.63, 3.8) is 0 Å². The minimum atomic E-state index is -0.943. The van der Waals surface area contributed by atoms with E-state index in [1.807, 2.05) is 13.0 Å². The van der Waals surface area contributed by atoms with Crippen molar-refractivity contribution >= 4 is 23.1 Å². The van der Waals surface area contributed by atoms with Gasteiger partial charge in [0.1, 0.15) is 5.82 Å². The number of aromatic carboxylic acids is 1. The molecular weight excluding hydrogens is 272 g/mol. The van der Waals surface area contributed by atoms with Gasteiger partial charge in [0.2, 0.25) is 0 Å². The highest BCUT2D eigenvalue weighted by atomic mass is 32.1. The predicted molar refractivity (Wildman–Crippen MR) is 81.6 cm³/mol. The van der Waals surface area contributed by atoms with Crippen LogP contribution in [0.4, 0.5) is 5.82 Å². The Morgan fingerprint density at radius 2 is 2.25 bits per heavy atom. The fourth-order valence-electron chi connectivity index (χ4n) is 2.06. The lowest BCUT2D eigenvalue weighted by molar-refractivity contribution is 0.0696. The smallest absolute Gasteiger partial charge is 0.337 e. The third-order valence-corrected chi connectivity index (χ3v) is 3.96. The van der Waals surface area contributed by atoms with Crippen LogP contribution in [0.3, 0.4) is 0 Å². The summed E-state index contributed by atoms with van der Waals surface area (Å²) in [7, 11) is 0. The van der Waals surface area contributed by atoms with Crippen LogP contribution in [-0.2, 0) is 6.54 Å². The summed E-state index contributed by atoms with van der Waals surface area (Å²) in [6.07, 6.45) is 1.43. The summed E-state index contributed by atoms with van der Waals surface area (Å²) in [6.45, 7) is 6.91. The first-order valence-corrected chi connectivity index (χ1v) is 7.36. The van der Waals surface area contributed by atoms with Gasteiger partial charge in [-0.3, -0.25) is 0 Å². The third kappa shape index (κ3) is 3.17. The molecule has 0 saturated carbocycles. The Morgan fingerprint density at radius 3 is 2.75 bits per heavy atom. The van der Waals surface area contributed by atoms with Crippen LogP contribution < -0.4 is 4.90 Å². The van der Waals surface area contributed by atoms with E-state index in [1.165, 1.54) is 11.1 Å². The molecule has 2 aromatic rings. The van der Waals surface area contributed by atoms with E-state index in [1.54, 1.807) is 17.4 Å². The Balaban J connectivity index is 2.32. The minimum Gasteiger partial charge on any atom is -0.478 e. The number of carboxylic acids is 1. The molecule has 0 radical (unpaired) electrons. The SMILES string of the molecule is Cc1cc(C(=O)O)cnc1N(Cc1cccs1)C(C)C. The van der Waals surface area contributed by atoms with E-state index in [9.17, 15) is 4.79 Å². The first-order valence-electron chi connectivity index (χ1n) is 6.48. The monoisotopic (exact) mass is 290 g/mol. The second kappa shape index (κ2) is 6.05. The van der Waals surface area contributed by atoms with Crippen molar-refractivity contribution in [1.29, 1.82) is 0 Å². The molecular formula is C15H18N2O2S. The quantitative estimate of drug-likeness (QED) is 0.914. The molecule has 2 heterocycles. The van der Waals surface area contributed by atoms with Crippen LogP contribution in [-0.4, -0.2) is 22.1 Å². The van der Waals surface area contributed by atoms with E-state index in [0.717, 1.165) is 17.9 Å². The minimum absolute atomic E-state index is 0.228. The summed E-state index contributed by atoms with van der Waals surface area (Å²) in [4.78, 5) is 18.8. The number of carbonyl (C=O) groups is 1. The molecule has 20 heavy (non-hydrogen) atoms. The van der Waals surface area contributed by atoms with Gasteiger partial charge in [0.05, 0.1) is 12.1 Å². The molecule has 0 atom stereocenters. The number of carboxylic acid groups (broad SMARTS) is 1. The van der Waals surface area contributed by atoms with Crippen LogP contribution >= 0.6 is 11.3 Å². The van der Waals surface area contributed by atoms with Gasteiger partial charge in [0, 0.05) is 17.1 Å². The maximum atomic E-state index is 11.0. The molecule has 106 valence electrons. The van der Waals surface area contributed by atoms with Crippen molar-refractivity contribution < 1.29 is 9.90 Å². The van der Waals surface area contributed by atoms with E-state index in [2.05, 4.69) is 35.2 Å². The normalized spacial score (nSPS) is 10.8. The second-order valence-electron chi connectivity index (χ2n) is 4.97. The molecule has 2 aromatic heterocycles. The molecule has 0 aliphatic rings. The molecule has 0 saturated heterocycles.